The number of hydrogen-bond acceptors (Lipinski definition) is 0. The van der Waals surface area contributed by atoms with Gasteiger partial charge in [0.1, 0.15) is 17.9 Å². The third-order valence-corrected chi connectivity index (χ3v) is 5.51. The van der Waals surface area contributed by atoms with E-state index in [1.54, 1.807) is 5.57 Å². The van der Waals surface area contributed by atoms with Crippen molar-refractivity contribution < 1.29 is 4.57 Å². The Labute approximate surface area is 133 Å². The van der Waals surface area contributed by atoms with Crippen LogP contribution < -0.4 is 4.57 Å². The van der Waals surface area contributed by atoms with Crippen molar-refractivity contribution in [3.05, 3.63) is 52.6 Å². The van der Waals surface area contributed by atoms with Crippen LogP contribution in [-0.4, -0.2) is 4.57 Å². The molecule has 2 atom stereocenters. The zero-order chi connectivity index (χ0) is 15.4. The van der Waals surface area contributed by atoms with Crippen LogP contribution >= 0.6 is 0 Å². The van der Waals surface area contributed by atoms with Gasteiger partial charge in [-0.25, -0.2) is 9.13 Å². The summed E-state index contributed by atoms with van der Waals surface area (Å²) in [6, 6.07) is 5.24. The summed E-state index contributed by atoms with van der Waals surface area (Å²) in [5.74, 6) is 0.758. The maximum absolute atomic E-state index is 2.52. The number of aromatic nitrogens is 2. The van der Waals surface area contributed by atoms with Crippen molar-refractivity contribution in [3.63, 3.8) is 0 Å². The molecule has 0 saturated heterocycles. The molecule has 0 amide bonds. The Morgan fingerprint density at radius 2 is 1.77 bits per heavy atom. The minimum absolute atomic E-state index is 0.673. The number of benzene rings is 1. The summed E-state index contributed by atoms with van der Waals surface area (Å²) >= 11 is 0. The Balaban J connectivity index is 1.86. The number of aryl methyl sites for hydroxylation is 3. The smallest absolute Gasteiger partial charge is 0.227 e. The first kappa shape index (κ1) is 13.8. The lowest BCUT2D eigenvalue weighted by Crippen LogP contribution is -2.30. The fourth-order valence-electron chi connectivity index (χ4n) is 4.68. The summed E-state index contributed by atoms with van der Waals surface area (Å²) in [5, 5.41) is 0. The topological polar surface area (TPSA) is 8.81 Å². The molecule has 0 bridgehead atoms. The number of allylic oxidation sites excluding steroid dienone is 1. The Morgan fingerprint density at radius 3 is 2.50 bits per heavy atom. The number of rotatable bonds is 1. The molecule has 2 heterocycles. The zero-order valence-electron chi connectivity index (χ0n) is 14.1. The molecule has 0 radical (unpaired) electrons. The lowest BCUT2D eigenvalue weighted by molar-refractivity contribution is -0.596. The summed E-state index contributed by atoms with van der Waals surface area (Å²) < 4.78 is 4.85. The van der Waals surface area contributed by atoms with Crippen LogP contribution in [-0.2, 0) is 0 Å². The fourth-order valence-corrected chi connectivity index (χ4v) is 4.68. The van der Waals surface area contributed by atoms with Crippen LogP contribution in [0.5, 0.6) is 0 Å². The minimum atomic E-state index is 0.673. The van der Waals surface area contributed by atoms with E-state index in [4.69, 9.17) is 0 Å². The Kier molecular flexibility index (Phi) is 3.04. The van der Waals surface area contributed by atoms with Crippen molar-refractivity contribution >= 4 is 6.08 Å². The molecule has 0 spiro atoms. The highest BCUT2D eigenvalue weighted by atomic mass is 15.2. The van der Waals surface area contributed by atoms with Crippen LogP contribution in [0, 0.1) is 26.7 Å². The van der Waals surface area contributed by atoms with Gasteiger partial charge in [0.25, 0.3) is 0 Å². The van der Waals surface area contributed by atoms with Gasteiger partial charge in [-0.15, -0.1) is 0 Å². The lowest BCUT2D eigenvalue weighted by Gasteiger charge is -2.22. The van der Waals surface area contributed by atoms with Crippen molar-refractivity contribution in [2.45, 2.75) is 53.0 Å². The molecule has 1 aromatic carbocycles. The molecule has 1 saturated carbocycles. The van der Waals surface area contributed by atoms with E-state index >= 15 is 0 Å². The van der Waals surface area contributed by atoms with Gasteiger partial charge >= 0.3 is 0 Å². The largest absolute Gasteiger partial charge is 0.249 e. The average molecular weight is 293 g/mol. The molecular weight excluding hydrogens is 268 g/mol. The molecule has 1 aliphatic carbocycles. The molecule has 22 heavy (non-hydrogen) atoms. The second kappa shape index (κ2) is 4.84. The maximum atomic E-state index is 2.52. The van der Waals surface area contributed by atoms with E-state index in [1.165, 1.54) is 47.3 Å². The second-order valence-electron chi connectivity index (χ2n) is 7.22. The highest BCUT2D eigenvalue weighted by molar-refractivity contribution is 5.52. The summed E-state index contributed by atoms with van der Waals surface area (Å²) in [5.41, 5.74) is 8.32. The summed E-state index contributed by atoms with van der Waals surface area (Å²) in [7, 11) is 0. The van der Waals surface area contributed by atoms with E-state index in [0.717, 1.165) is 5.92 Å². The second-order valence-corrected chi connectivity index (χ2v) is 7.22. The molecule has 2 aliphatic rings. The Bertz CT molecular complexity index is 756. The molecule has 114 valence electrons. The number of hydrogen-bond donors (Lipinski definition) is 0. The first-order valence-corrected chi connectivity index (χ1v) is 8.44. The van der Waals surface area contributed by atoms with Crippen molar-refractivity contribution in [2.75, 3.05) is 0 Å². The van der Waals surface area contributed by atoms with Gasteiger partial charge in [-0.3, -0.25) is 0 Å². The third kappa shape index (κ3) is 1.97. The van der Waals surface area contributed by atoms with E-state index < -0.39 is 0 Å². The predicted octanol–water partition coefficient (Wildman–Crippen LogP) is 4.45. The minimum Gasteiger partial charge on any atom is -0.227 e. The van der Waals surface area contributed by atoms with E-state index in [9.17, 15) is 0 Å². The quantitative estimate of drug-likeness (QED) is 0.687. The van der Waals surface area contributed by atoms with E-state index in [-0.39, 0.29) is 0 Å². The highest BCUT2D eigenvalue weighted by Gasteiger charge is 2.38. The Hall–Kier alpha value is -1.83. The van der Waals surface area contributed by atoms with Crippen LogP contribution in [0.2, 0.25) is 0 Å². The average Bonchev–Trinajstić information content (AvgIpc) is 3.03. The maximum Gasteiger partial charge on any atom is 0.249 e. The van der Waals surface area contributed by atoms with Gasteiger partial charge in [-0.05, 0) is 64.2 Å². The van der Waals surface area contributed by atoms with Crippen LogP contribution in [0.25, 0.3) is 11.8 Å². The van der Waals surface area contributed by atoms with Crippen molar-refractivity contribution in [1.82, 2.24) is 4.57 Å². The lowest BCUT2D eigenvalue weighted by atomic mass is 9.91. The predicted molar refractivity (Wildman–Crippen MR) is 90.2 cm³/mol. The molecule has 2 heteroatoms. The van der Waals surface area contributed by atoms with Gasteiger partial charge < -0.3 is 0 Å². The number of fused-ring (bicyclic) bond motifs is 3. The standard InChI is InChI=1S/C20H25N2/c1-13-8-15(3)20(16(4)9-13)21-11-17-10-14(2)18-6-5-7-19(18)22(17)12-21/h8-12,18-19H,5-7H2,1-4H3/q+1. The number of imidazole rings is 1. The molecular formula is C20H25N2+. The molecule has 2 nitrogen and oxygen atoms in total. The molecule has 2 aromatic rings. The van der Waals surface area contributed by atoms with Crippen LogP contribution in [0.15, 0.2) is 30.2 Å². The SMILES string of the molecule is CC1=Cc2c[n+](-c3c(C)cc(C)cc3C)cn2C2CCCC12. The molecule has 0 N–H and O–H groups in total. The van der Waals surface area contributed by atoms with Crippen molar-refractivity contribution in [1.29, 1.82) is 0 Å². The van der Waals surface area contributed by atoms with Gasteiger partial charge in [0.2, 0.25) is 6.33 Å². The van der Waals surface area contributed by atoms with Crippen molar-refractivity contribution in [3.8, 4) is 5.69 Å². The first-order valence-electron chi connectivity index (χ1n) is 8.44. The molecule has 1 fully saturated rings. The molecule has 2 unspecified atom stereocenters. The van der Waals surface area contributed by atoms with Crippen molar-refractivity contribution in [2.24, 2.45) is 5.92 Å². The Morgan fingerprint density at radius 1 is 1.05 bits per heavy atom. The van der Waals surface area contributed by atoms with E-state index in [0.29, 0.717) is 6.04 Å². The summed E-state index contributed by atoms with van der Waals surface area (Å²) in [6.45, 7) is 8.93. The van der Waals surface area contributed by atoms with Crippen LogP contribution in [0.4, 0.5) is 0 Å². The molecule has 4 rings (SSSR count). The van der Waals surface area contributed by atoms with Gasteiger partial charge in [0.15, 0.2) is 5.69 Å². The van der Waals surface area contributed by atoms with E-state index in [1.807, 2.05) is 0 Å². The van der Waals surface area contributed by atoms with Crippen LogP contribution in [0.1, 0.15) is 54.6 Å². The highest BCUT2D eigenvalue weighted by Crippen LogP contribution is 2.44. The third-order valence-electron chi connectivity index (χ3n) is 5.51. The first-order chi connectivity index (χ1) is 10.5. The van der Waals surface area contributed by atoms with E-state index in [2.05, 4.69) is 67.6 Å². The fraction of sp³-hybridized carbons (Fsp3) is 0.450. The van der Waals surface area contributed by atoms with Gasteiger partial charge in [0, 0.05) is 5.92 Å². The number of nitrogens with zero attached hydrogens (tertiary/aromatic N) is 2. The van der Waals surface area contributed by atoms with Gasteiger partial charge in [-0.2, -0.15) is 0 Å². The zero-order valence-corrected chi connectivity index (χ0v) is 14.1. The monoisotopic (exact) mass is 293 g/mol. The normalized spacial score (nSPS) is 23.2. The summed E-state index contributed by atoms with van der Waals surface area (Å²) in [4.78, 5) is 0. The summed E-state index contributed by atoms with van der Waals surface area (Å²) in [6.07, 6.45) is 11.1. The van der Waals surface area contributed by atoms with Gasteiger partial charge in [0.05, 0.1) is 0 Å². The van der Waals surface area contributed by atoms with Crippen LogP contribution in [0.3, 0.4) is 0 Å². The molecule has 1 aromatic heterocycles. The van der Waals surface area contributed by atoms with Gasteiger partial charge in [-0.1, -0.05) is 23.3 Å². The molecule has 1 aliphatic heterocycles.